The van der Waals surface area contributed by atoms with Gasteiger partial charge in [-0.3, -0.25) is 24.5 Å². The number of hydrogen-bond donors (Lipinski definition) is 2. The van der Waals surface area contributed by atoms with Crippen molar-refractivity contribution in [2.45, 2.75) is 37.0 Å². The number of rotatable bonds is 4. The minimum Gasteiger partial charge on any atom is -0.366 e. The quantitative estimate of drug-likeness (QED) is 0.499. The number of nitrogens with one attached hydrogen (secondary N) is 1. The SMILES string of the molecule is NC(=O)c1ccc2c(c1F)C([C@@H](c1cccc(Cl)c1)C(F)(F)F)N(C1CCC(=O)NC1=O)C2=O. The number of halogens is 5. The van der Waals surface area contributed by atoms with Gasteiger partial charge in [-0.25, -0.2) is 4.39 Å². The number of fused-ring (bicyclic) bond motifs is 1. The lowest BCUT2D eigenvalue weighted by molar-refractivity contribution is -0.167. The van der Waals surface area contributed by atoms with Gasteiger partial charge in [0.25, 0.3) is 11.8 Å². The van der Waals surface area contributed by atoms with Gasteiger partial charge in [-0.15, -0.1) is 0 Å². The summed E-state index contributed by atoms with van der Waals surface area (Å²) in [4.78, 5) is 49.8. The van der Waals surface area contributed by atoms with Crippen molar-refractivity contribution in [3.63, 3.8) is 0 Å². The van der Waals surface area contributed by atoms with E-state index in [4.69, 9.17) is 17.3 Å². The van der Waals surface area contributed by atoms with Crippen LogP contribution in [0.1, 0.15) is 56.6 Å². The van der Waals surface area contributed by atoms with Crippen LogP contribution < -0.4 is 11.1 Å². The average Bonchev–Trinajstić information content (AvgIpc) is 3.00. The van der Waals surface area contributed by atoms with E-state index in [2.05, 4.69) is 0 Å². The Morgan fingerprint density at radius 1 is 1.18 bits per heavy atom. The second kappa shape index (κ2) is 8.39. The molecule has 0 aromatic heterocycles. The third-order valence-electron chi connectivity index (χ3n) is 5.93. The fourth-order valence-corrected chi connectivity index (χ4v) is 4.72. The number of benzene rings is 2. The maximum atomic E-state index is 15.5. The van der Waals surface area contributed by atoms with Crippen LogP contribution in [0.25, 0.3) is 0 Å². The summed E-state index contributed by atoms with van der Waals surface area (Å²) in [6.07, 6.45) is -5.52. The zero-order chi connectivity index (χ0) is 24.9. The fourth-order valence-electron chi connectivity index (χ4n) is 4.52. The van der Waals surface area contributed by atoms with E-state index in [1.807, 2.05) is 5.32 Å². The van der Waals surface area contributed by atoms with Gasteiger partial charge in [0.05, 0.1) is 11.6 Å². The van der Waals surface area contributed by atoms with Crippen molar-refractivity contribution in [2.24, 2.45) is 5.73 Å². The topological polar surface area (TPSA) is 110 Å². The van der Waals surface area contributed by atoms with Crippen molar-refractivity contribution in [2.75, 3.05) is 0 Å². The van der Waals surface area contributed by atoms with Gasteiger partial charge in [0.2, 0.25) is 11.8 Å². The molecule has 12 heteroatoms. The van der Waals surface area contributed by atoms with Gasteiger partial charge in [-0.05, 0) is 36.2 Å². The third-order valence-corrected chi connectivity index (χ3v) is 6.16. The highest BCUT2D eigenvalue weighted by molar-refractivity contribution is 6.30. The van der Waals surface area contributed by atoms with Crippen molar-refractivity contribution in [1.29, 1.82) is 0 Å². The van der Waals surface area contributed by atoms with Gasteiger partial charge >= 0.3 is 6.18 Å². The standard InChI is InChI=1S/C22H16ClF4N3O4/c23-10-3-1-2-9(8-10)16(22(25,26)27)18-15-11(4-5-12(17(15)24)19(28)32)21(34)30(18)13-6-7-14(31)29-20(13)33/h1-5,8,13,16,18H,6-7H2,(H2,28,32)(H,29,31,33)/t13?,16-,18?/m1/s1. The van der Waals surface area contributed by atoms with E-state index in [0.717, 1.165) is 24.3 Å². The monoisotopic (exact) mass is 497 g/mol. The van der Waals surface area contributed by atoms with Crippen molar-refractivity contribution < 1.29 is 36.7 Å². The number of nitrogens with zero attached hydrogens (tertiary/aromatic N) is 1. The Kier molecular flexibility index (Phi) is 5.84. The maximum Gasteiger partial charge on any atom is 0.398 e. The van der Waals surface area contributed by atoms with E-state index < -0.39 is 70.3 Å². The van der Waals surface area contributed by atoms with Crippen LogP contribution in [0.15, 0.2) is 36.4 Å². The maximum absolute atomic E-state index is 15.5. The van der Waals surface area contributed by atoms with Crippen LogP contribution in [0.4, 0.5) is 17.6 Å². The molecule has 0 aliphatic carbocycles. The molecule has 34 heavy (non-hydrogen) atoms. The molecule has 7 nitrogen and oxygen atoms in total. The van der Waals surface area contributed by atoms with Crippen LogP contribution in [0.3, 0.4) is 0 Å². The van der Waals surface area contributed by atoms with E-state index in [9.17, 15) is 32.3 Å². The van der Waals surface area contributed by atoms with E-state index in [1.54, 1.807) is 0 Å². The van der Waals surface area contributed by atoms with Gasteiger partial charge in [0.15, 0.2) is 0 Å². The molecule has 3 atom stereocenters. The Bertz CT molecular complexity index is 1230. The Labute approximate surface area is 194 Å². The smallest absolute Gasteiger partial charge is 0.366 e. The molecule has 2 heterocycles. The van der Waals surface area contributed by atoms with Crippen molar-refractivity contribution in [3.8, 4) is 0 Å². The molecule has 4 amide bonds. The molecule has 4 rings (SSSR count). The van der Waals surface area contributed by atoms with Crippen LogP contribution in [0.5, 0.6) is 0 Å². The average molecular weight is 498 g/mol. The number of nitrogens with two attached hydrogens (primary N) is 1. The van der Waals surface area contributed by atoms with Crippen molar-refractivity contribution in [3.05, 3.63) is 69.5 Å². The third kappa shape index (κ3) is 3.89. The lowest BCUT2D eigenvalue weighted by Gasteiger charge is -2.39. The minimum atomic E-state index is -5.04. The molecule has 0 bridgehead atoms. The van der Waals surface area contributed by atoms with Crippen LogP contribution in [0.2, 0.25) is 5.02 Å². The lowest BCUT2D eigenvalue weighted by Crippen LogP contribution is -2.54. The number of imide groups is 1. The predicted octanol–water partition coefficient (Wildman–Crippen LogP) is 3.23. The Morgan fingerprint density at radius 3 is 2.47 bits per heavy atom. The molecule has 2 unspecified atom stereocenters. The molecule has 0 spiro atoms. The van der Waals surface area contributed by atoms with E-state index in [0.29, 0.717) is 4.90 Å². The second-order valence-electron chi connectivity index (χ2n) is 7.95. The normalized spacial score (nSPS) is 21.3. The molecule has 3 N–H and O–H groups in total. The molecule has 1 saturated heterocycles. The number of amides is 4. The van der Waals surface area contributed by atoms with Crippen LogP contribution >= 0.6 is 11.6 Å². The van der Waals surface area contributed by atoms with Crippen molar-refractivity contribution >= 4 is 35.2 Å². The summed E-state index contributed by atoms with van der Waals surface area (Å²) in [5.41, 5.74) is 2.96. The van der Waals surface area contributed by atoms with Crippen LogP contribution in [-0.2, 0) is 9.59 Å². The summed E-state index contributed by atoms with van der Waals surface area (Å²) in [6.45, 7) is 0. The van der Waals surface area contributed by atoms with Gasteiger partial charge in [0.1, 0.15) is 17.8 Å². The van der Waals surface area contributed by atoms with Gasteiger partial charge in [-0.1, -0.05) is 23.7 Å². The van der Waals surface area contributed by atoms with Crippen molar-refractivity contribution in [1.82, 2.24) is 10.2 Å². The summed E-state index contributed by atoms with van der Waals surface area (Å²) >= 11 is 5.91. The van der Waals surface area contributed by atoms with E-state index in [1.165, 1.54) is 12.1 Å². The molecule has 2 aromatic rings. The molecule has 0 saturated carbocycles. The first-order valence-corrected chi connectivity index (χ1v) is 10.4. The first-order chi connectivity index (χ1) is 15.9. The highest BCUT2D eigenvalue weighted by Gasteiger charge is 2.57. The molecule has 2 aliphatic rings. The summed E-state index contributed by atoms with van der Waals surface area (Å²) in [5, 5.41) is 1.97. The number of primary amides is 1. The molecular formula is C22H16ClF4N3O4. The first kappa shape index (κ1) is 23.7. The van der Waals surface area contributed by atoms with Gasteiger partial charge in [-0.2, -0.15) is 13.2 Å². The Morgan fingerprint density at radius 2 is 1.88 bits per heavy atom. The number of alkyl halides is 3. The number of piperidine rings is 1. The molecule has 2 aliphatic heterocycles. The molecule has 0 radical (unpaired) electrons. The highest BCUT2D eigenvalue weighted by Crippen LogP contribution is 2.52. The molecular weight excluding hydrogens is 482 g/mol. The lowest BCUT2D eigenvalue weighted by atomic mass is 9.84. The van der Waals surface area contributed by atoms with Crippen LogP contribution in [-0.4, -0.2) is 40.7 Å². The summed E-state index contributed by atoms with van der Waals surface area (Å²) in [5.74, 6) is -7.80. The van der Waals surface area contributed by atoms with Crippen LogP contribution in [0, 0.1) is 5.82 Å². The second-order valence-corrected chi connectivity index (χ2v) is 8.39. The van der Waals surface area contributed by atoms with E-state index in [-0.39, 0.29) is 23.4 Å². The molecule has 1 fully saturated rings. The molecule has 2 aromatic carbocycles. The number of carbonyl (C=O) groups is 4. The zero-order valence-corrected chi connectivity index (χ0v) is 17.9. The van der Waals surface area contributed by atoms with Gasteiger partial charge in [0, 0.05) is 22.6 Å². The summed E-state index contributed by atoms with van der Waals surface area (Å²) < 4.78 is 59.1. The fraction of sp³-hybridized carbons (Fsp3) is 0.273. The summed E-state index contributed by atoms with van der Waals surface area (Å²) in [6, 6.07) is 3.11. The summed E-state index contributed by atoms with van der Waals surface area (Å²) in [7, 11) is 0. The van der Waals surface area contributed by atoms with Gasteiger partial charge < -0.3 is 10.6 Å². The highest BCUT2D eigenvalue weighted by atomic mass is 35.5. The zero-order valence-electron chi connectivity index (χ0n) is 17.2. The largest absolute Gasteiger partial charge is 0.398 e. The number of carbonyl (C=O) groups excluding carboxylic acids is 4. The first-order valence-electron chi connectivity index (χ1n) is 10.0. The Balaban J connectivity index is 1.99. The minimum absolute atomic E-state index is 0.0322. The molecule has 178 valence electrons. The Hall–Kier alpha value is -3.47. The predicted molar refractivity (Wildman–Crippen MR) is 110 cm³/mol. The van der Waals surface area contributed by atoms with E-state index >= 15 is 4.39 Å². The number of hydrogen-bond acceptors (Lipinski definition) is 4.